The minimum absolute atomic E-state index is 1.19. The summed E-state index contributed by atoms with van der Waals surface area (Å²) in [5.41, 5.74) is 2.85. The average molecular weight is 280 g/mol. The molecule has 0 heterocycles. The zero-order valence-electron chi connectivity index (χ0n) is 9.30. The van der Waals surface area contributed by atoms with E-state index < -0.39 is 14.2 Å². The number of hydrogen-bond acceptors (Lipinski definition) is 1. The third-order valence-corrected chi connectivity index (χ3v) is 9.70. The van der Waals surface area contributed by atoms with Gasteiger partial charge in [0.1, 0.15) is 0 Å². The van der Waals surface area contributed by atoms with Gasteiger partial charge in [-0.25, -0.2) is 0 Å². The van der Waals surface area contributed by atoms with Crippen molar-refractivity contribution in [2.45, 2.75) is 10.0 Å². The van der Waals surface area contributed by atoms with E-state index in [4.69, 9.17) is 10.1 Å². The van der Waals surface area contributed by atoms with Gasteiger partial charge < -0.3 is 0 Å². The number of rotatable bonds is 4. The third-order valence-electron chi connectivity index (χ3n) is 2.82. The van der Waals surface area contributed by atoms with Gasteiger partial charge in [-0.1, -0.05) is 0 Å². The van der Waals surface area contributed by atoms with Gasteiger partial charge in [0, 0.05) is 0 Å². The summed E-state index contributed by atoms with van der Waals surface area (Å²) in [4.78, 5) is 0. The molecule has 2 aromatic rings. The first-order chi connectivity index (χ1) is 7.84. The molecule has 2 aromatic carbocycles. The molecule has 0 spiro atoms. The molecule has 0 aromatic heterocycles. The van der Waals surface area contributed by atoms with Crippen LogP contribution in [0.4, 0.5) is 0 Å². The molecule has 0 N–H and O–H groups in total. The Morgan fingerprint density at radius 1 is 0.688 bits per heavy atom. The maximum atomic E-state index is 5.71. The van der Waals surface area contributed by atoms with Gasteiger partial charge in [-0.15, -0.1) is 0 Å². The molecule has 16 heavy (non-hydrogen) atoms. The quantitative estimate of drug-likeness (QED) is 0.759. The second kappa shape index (κ2) is 6.13. The normalized spacial score (nSPS) is 9.44. The van der Waals surface area contributed by atoms with Gasteiger partial charge in [0.05, 0.1) is 0 Å². The summed E-state index contributed by atoms with van der Waals surface area (Å²) in [6.45, 7) is 0. The van der Waals surface area contributed by atoms with Crippen molar-refractivity contribution < 1.29 is 14.2 Å². The minimum atomic E-state index is -1.75. The SMILES string of the molecule is [S]=[Zn]([CH2]c1ccccc1)[CH2]c1ccccc1. The van der Waals surface area contributed by atoms with Crippen LogP contribution in [0.2, 0.25) is 0 Å². The van der Waals surface area contributed by atoms with Gasteiger partial charge in [0.15, 0.2) is 0 Å². The number of hydrogen-bond donors (Lipinski definition) is 0. The third kappa shape index (κ3) is 3.70. The molecule has 0 radical (unpaired) electrons. The van der Waals surface area contributed by atoms with E-state index in [1.807, 2.05) is 0 Å². The van der Waals surface area contributed by atoms with Crippen molar-refractivity contribution in [3.63, 3.8) is 0 Å². The fourth-order valence-electron chi connectivity index (χ4n) is 2.02. The van der Waals surface area contributed by atoms with Crippen LogP contribution in [0, 0.1) is 0 Å². The summed E-state index contributed by atoms with van der Waals surface area (Å²) in [6, 6.07) is 21.3. The molecule has 0 bridgehead atoms. The molecule has 0 nitrogen and oxygen atoms in total. The Bertz CT molecular complexity index is 407. The molecule has 0 saturated carbocycles. The van der Waals surface area contributed by atoms with Crippen LogP contribution in [0.25, 0.3) is 0 Å². The van der Waals surface area contributed by atoms with Gasteiger partial charge in [-0.3, -0.25) is 0 Å². The van der Waals surface area contributed by atoms with Gasteiger partial charge in [0.25, 0.3) is 0 Å². The number of benzene rings is 2. The van der Waals surface area contributed by atoms with Crippen molar-refractivity contribution in [3.8, 4) is 0 Å². The Kier molecular flexibility index (Phi) is 4.50. The first-order valence-electron chi connectivity index (χ1n) is 5.82. The predicted molar refractivity (Wildman–Crippen MR) is 67.9 cm³/mol. The molecule has 0 fully saturated rings. The molecule has 0 atom stereocenters. The summed E-state index contributed by atoms with van der Waals surface area (Å²) >= 11 is -1.75. The topological polar surface area (TPSA) is 0 Å². The fourth-order valence-corrected chi connectivity index (χ4v) is 8.94. The van der Waals surface area contributed by atoms with E-state index in [0.29, 0.717) is 0 Å². The Hall–Kier alpha value is -0.717. The van der Waals surface area contributed by atoms with E-state index in [1.54, 1.807) is 0 Å². The molecule has 0 aliphatic heterocycles. The molecule has 0 amide bonds. The standard InChI is InChI=1S/2C7H7.S.Zn/c2*1-7-5-3-2-4-6-7;;/h2*2-6H,1H2;;. The summed E-state index contributed by atoms with van der Waals surface area (Å²) in [5.74, 6) is 0. The first kappa shape index (κ1) is 11.8. The summed E-state index contributed by atoms with van der Waals surface area (Å²) in [5, 5.41) is 2.37. The van der Waals surface area contributed by atoms with Crippen LogP contribution in [0.1, 0.15) is 11.1 Å². The van der Waals surface area contributed by atoms with Crippen molar-refractivity contribution in [3.05, 3.63) is 71.8 Å². The average Bonchev–Trinajstić information content (AvgIpc) is 2.31. The molecule has 2 heteroatoms. The van der Waals surface area contributed by atoms with E-state index >= 15 is 0 Å². The van der Waals surface area contributed by atoms with Crippen molar-refractivity contribution in [2.75, 3.05) is 0 Å². The van der Waals surface area contributed by atoms with Crippen molar-refractivity contribution in [2.24, 2.45) is 0 Å². The summed E-state index contributed by atoms with van der Waals surface area (Å²) in [7, 11) is 5.71. The van der Waals surface area contributed by atoms with Crippen LogP contribution < -0.4 is 0 Å². The van der Waals surface area contributed by atoms with Gasteiger partial charge in [0.2, 0.25) is 0 Å². The van der Waals surface area contributed by atoms with Crippen LogP contribution in [0.15, 0.2) is 60.7 Å². The second-order valence-corrected chi connectivity index (χ2v) is 13.8. The van der Waals surface area contributed by atoms with Crippen LogP contribution in [-0.2, 0) is 24.2 Å². The Morgan fingerprint density at radius 3 is 1.44 bits per heavy atom. The van der Waals surface area contributed by atoms with E-state index in [2.05, 4.69) is 60.7 Å². The van der Waals surface area contributed by atoms with E-state index in [9.17, 15) is 0 Å². The van der Waals surface area contributed by atoms with Gasteiger partial charge in [-0.2, -0.15) is 0 Å². The van der Waals surface area contributed by atoms with Crippen LogP contribution in [-0.4, -0.2) is 0 Å². The van der Waals surface area contributed by atoms with Crippen LogP contribution in [0.3, 0.4) is 0 Å². The van der Waals surface area contributed by atoms with Crippen LogP contribution >= 0.6 is 10.1 Å². The zero-order chi connectivity index (χ0) is 11.2. The molecular weight excluding hydrogens is 266 g/mol. The molecule has 0 unspecified atom stereocenters. The van der Waals surface area contributed by atoms with Gasteiger partial charge >= 0.3 is 106 Å². The monoisotopic (exact) mass is 278 g/mol. The predicted octanol–water partition coefficient (Wildman–Crippen LogP) is 4.12. The van der Waals surface area contributed by atoms with Gasteiger partial charge in [-0.05, 0) is 0 Å². The summed E-state index contributed by atoms with van der Waals surface area (Å²) < 4.78 is 0. The molecule has 2 rings (SSSR count). The fraction of sp³-hybridized carbons (Fsp3) is 0.143. The Labute approximate surface area is 106 Å². The summed E-state index contributed by atoms with van der Waals surface area (Å²) in [6.07, 6.45) is 0. The van der Waals surface area contributed by atoms with E-state index in [-0.39, 0.29) is 0 Å². The van der Waals surface area contributed by atoms with Crippen LogP contribution in [0.5, 0.6) is 0 Å². The molecule has 0 saturated heterocycles. The van der Waals surface area contributed by atoms with E-state index in [1.165, 1.54) is 21.2 Å². The maximum absolute atomic E-state index is 5.71. The first-order valence-corrected chi connectivity index (χ1v) is 14.2. The molecular formula is C14H14SZn. The van der Waals surface area contributed by atoms with Crippen molar-refractivity contribution in [1.82, 2.24) is 0 Å². The van der Waals surface area contributed by atoms with Crippen molar-refractivity contribution in [1.29, 1.82) is 0 Å². The Morgan fingerprint density at radius 2 is 1.06 bits per heavy atom. The molecule has 78 valence electrons. The van der Waals surface area contributed by atoms with E-state index in [0.717, 1.165) is 0 Å². The Balaban J connectivity index is 1.95. The second-order valence-electron chi connectivity index (χ2n) is 4.23. The molecule has 0 aliphatic rings. The molecule has 0 aliphatic carbocycles. The zero-order valence-corrected chi connectivity index (χ0v) is 13.1. The van der Waals surface area contributed by atoms with Crippen molar-refractivity contribution >= 4 is 10.1 Å².